The van der Waals surface area contributed by atoms with Gasteiger partial charge in [-0.1, -0.05) is 47.3 Å². The molecule has 1 aromatic rings. The van der Waals surface area contributed by atoms with Crippen LogP contribution in [0.3, 0.4) is 0 Å². The van der Waals surface area contributed by atoms with Crippen LogP contribution in [0.2, 0.25) is 0 Å². The third-order valence-electron chi connectivity index (χ3n) is 4.42. The standard InChI is InChI=1S/C17H22BrNO3/c18-14-6-4-5-13(11-14)7-8-15(20)19-12-17(16(21)22)9-2-1-3-10-17/h4-6,11H,1-3,7-10,12H2,(H,19,20)(H,21,22). The Morgan fingerprint density at radius 1 is 1.23 bits per heavy atom. The Morgan fingerprint density at radius 2 is 1.95 bits per heavy atom. The van der Waals surface area contributed by atoms with Crippen LogP contribution in [0.5, 0.6) is 0 Å². The molecule has 22 heavy (non-hydrogen) atoms. The zero-order valence-corrected chi connectivity index (χ0v) is 14.2. The molecule has 0 bridgehead atoms. The van der Waals surface area contributed by atoms with Crippen LogP contribution in [0.4, 0.5) is 0 Å². The molecule has 0 heterocycles. The molecule has 0 aliphatic heterocycles. The number of rotatable bonds is 6. The van der Waals surface area contributed by atoms with Crippen molar-refractivity contribution >= 4 is 27.8 Å². The van der Waals surface area contributed by atoms with Gasteiger partial charge in [-0.2, -0.15) is 0 Å². The van der Waals surface area contributed by atoms with Crippen molar-refractivity contribution < 1.29 is 14.7 Å². The molecule has 1 amide bonds. The summed E-state index contributed by atoms with van der Waals surface area (Å²) in [6.45, 7) is 0.250. The van der Waals surface area contributed by atoms with Crippen LogP contribution < -0.4 is 5.32 Å². The molecule has 0 spiro atoms. The second kappa shape index (κ2) is 7.77. The molecule has 2 rings (SSSR count). The Kier molecular flexibility index (Phi) is 6.00. The van der Waals surface area contributed by atoms with Crippen molar-refractivity contribution in [2.45, 2.75) is 44.9 Å². The van der Waals surface area contributed by atoms with Crippen molar-refractivity contribution in [2.24, 2.45) is 5.41 Å². The fourth-order valence-corrected chi connectivity index (χ4v) is 3.45. The van der Waals surface area contributed by atoms with Crippen molar-refractivity contribution in [1.82, 2.24) is 5.32 Å². The summed E-state index contributed by atoms with van der Waals surface area (Å²) in [6, 6.07) is 7.87. The van der Waals surface area contributed by atoms with Gasteiger partial charge in [-0.3, -0.25) is 9.59 Å². The van der Waals surface area contributed by atoms with Gasteiger partial charge in [0.2, 0.25) is 5.91 Å². The first-order valence-corrected chi connectivity index (χ1v) is 8.56. The molecule has 5 heteroatoms. The maximum atomic E-state index is 12.0. The highest BCUT2D eigenvalue weighted by atomic mass is 79.9. The van der Waals surface area contributed by atoms with Crippen LogP contribution in [-0.4, -0.2) is 23.5 Å². The number of halogens is 1. The molecule has 1 fully saturated rings. The number of nitrogens with one attached hydrogen (secondary N) is 1. The zero-order valence-electron chi connectivity index (χ0n) is 12.6. The van der Waals surface area contributed by atoms with E-state index in [1.54, 1.807) is 0 Å². The Hall–Kier alpha value is -1.36. The summed E-state index contributed by atoms with van der Waals surface area (Å²) in [5.74, 6) is -0.856. The van der Waals surface area contributed by atoms with Gasteiger partial charge >= 0.3 is 5.97 Å². The fraction of sp³-hybridized carbons (Fsp3) is 0.529. The largest absolute Gasteiger partial charge is 0.481 e. The fourth-order valence-electron chi connectivity index (χ4n) is 3.00. The summed E-state index contributed by atoms with van der Waals surface area (Å²) in [4.78, 5) is 23.5. The van der Waals surface area contributed by atoms with Gasteiger partial charge in [-0.25, -0.2) is 0 Å². The second-order valence-corrected chi connectivity index (χ2v) is 6.97. The number of aryl methyl sites for hydroxylation is 1. The lowest BCUT2D eigenvalue weighted by Gasteiger charge is -2.33. The average Bonchev–Trinajstić information content (AvgIpc) is 2.52. The van der Waals surface area contributed by atoms with Gasteiger partial charge in [0.05, 0.1) is 5.41 Å². The van der Waals surface area contributed by atoms with Gasteiger partial charge in [-0.15, -0.1) is 0 Å². The molecule has 0 unspecified atom stereocenters. The number of amides is 1. The van der Waals surface area contributed by atoms with E-state index in [-0.39, 0.29) is 12.5 Å². The van der Waals surface area contributed by atoms with Crippen molar-refractivity contribution in [3.63, 3.8) is 0 Å². The number of carbonyl (C=O) groups excluding carboxylic acids is 1. The molecule has 1 saturated carbocycles. The van der Waals surface area contributed by atoms with Crippen molar-refractivity contribution in [3.05, 3.63) is 34.3 Å². The summed E-state index contributed by atoms with van der Waals surface area (Å²) in [6.07, 6.45) is 5.31. The van der Waals surface area contributed by atoms with E-state index in [1.807, 2.05) is 24.3 Å². The molecular weight excluding hydrogens is 346 g/mol. The molecule has 1 aliphatic carbocycles. The minimum absolute atomic E-state index is 0.0776. The van der Waals surface area contributed by atoms with E-state index in [9.17, 15) is 14.7 Å². The highest BCUT2D eigenvalue weighted by Crippen LogP contribution is 2.36. The molecule has 0 saturated heterocycles. The number of hydrogen-bond donors (Lipinski definition) is 2. The predicted octanol–water partition coefficient (Wildman–Crippen LogP) is 3.53. The Labute approximate surface area is 139 Å². The molecule has 120 valence electrons. The highest BCUT2D eigenvalue weighted by Gasteiger charge is 2.39. The van der Waals surface area contributed by atoms with Crippen LogP contribution in [0.1, 0.15) is 44.1 Å². The third-order valence-corrected chi connectivity index (χ3v) is 4.91. The maximum absolute atomic E-state index is 12.0. The van der Waals surface area contributed by atoms with E-state index in [0.29, 0.717) is 25.7 Å². The van der Waals surface area contributed by atoms with E-state index >= 15 is 0 Å². The minimum Gasteiger partial charge on any atom is -0.481 e. The van der Waals surface area contributed by atoms with E-state index in [0.717, 1.165) is 29.3 Å². The van der Waals surface area contributed by atoms with Crippen LogP contribution in [0.15, 0.2) is 28.7 Å². The van der Waals surface area contributed by atoms with Crippen LogP contribution >= 0.6 is 15.9 Å². The molecule has 2 N–H and O–H groups in total. The first kappa shape index (κ1) is 17.0. The first-order valence-electron chi connectivity index (χ1n) is 7.76. The number of carboxylic acid groups (broad SMARTS) is 1. The van der Waals surface area contributed by atoms with E-state index in [4.69, 9.17) is 0 Å². The topological polar surface area (TPSA) is 66.4 Å². The average molecular weight is 368 g/mol. The smallest absolute Gasteiger partial charge is 0.311 e. The lowest BCUT2D eigenvalue weighted by molar-refractivity contribution is -0.151. The summed E-state index contributed by atoms with van der Waals surface area (Å²) in [7, 11) is 0. The summed E-state index contributed by atoms with van der Waals surface area (Å²) in [5, 5.41) is 12.3. The second-order valence-electron chi connectivity index (χ2n) is 6.05. The molecule has 0 radical (unpaired) electrons. The lowest BCUT2D eigenvalue weighted by atomic mass is 9.74. The molecular formula is C17H22BrNO3. The van der Waals surface area contributed by atoms with Gasteiger partial charge < -0.3 is 10.4 Å². The summed E-state index contributed by atoms with van der Waals surface area (Å²) in [5.41, 5.74) is 0.332. The van der Waals surface area contributed by atoms with Gasteiger partial charge in [0.1, 0.15) is 0 Å². The number of carboxylic acids is 1. The van der Waals surface area contributed by atoms with Crippen molar-refractivity contribution in [2.75, 3.05) is 6.54 Å². The van der Waals surface area contributed by atoms with E-state index in [1.165, 1.54) is 0 Å². The number of aliphatic carboxylic acids is 1. The number of benzene rings is 1. The molecule has 0 aromatic heterocycles. The van der Waals surface area contributed by atoms with Crippen LogP contribution in [-0.2, 0) is 16.0 Å². The Balaban J connectivity index is 1.82. The van der Waals surface area contributed by atoms with Crippen molar-refractivity contribution in [1.29, 1.82) is 0 Å². The molecule has 1 aromatic carbocycles. The van der Waals surface area contributed by atoms with Gasteiger partial charge in [-0.05, 0) is 37.0 Å². The van der Waals surface area contributed by atoms with E-state index in [2.05, 4.69) is 21.2 Å². The lowest BCUT2D eigenvalue weighted by Crippen LogP contribution is -2.44. The van der Waals surface area contributed by atoms with Crippen molar-refractivity contribution in [3.8, 4) is 0 Å². The molecule has 4 nitrogen and oxygen atoms in total. The monoisotopic (exact) mass is 367 g/mol. The Morgan fingerprint density at radius 3 is 2.59 bits per heavy atom. The van der Waals surface area contributed by atoms with Gasteiger partial charge in [0.25, 0.3) is 0 Å². The molecule has 0 atom stereocenters. The summed E-state index contributed by atoms with van der Waals surface area (Å²) >= 11 is 3.41. The first-order chi connectivity index (χ1) is 10.5. The number of carbonyl (C=O) groups is 2. The normalized spacial score (nSPS) is 17.0. The van der Waals surface area contributed by atoms with Crippen LogP contribution in [0, 0.1) is 5.41 Å². The number of hydrogen-bond acceptors (Lipinski definition) is 2. The van der Waals surface area contributed by atoms with Gasteiger partial charge in [0, 0.05) is 17.4 Å². The highest BCUT2D eigenvalue weighted by molar-refractivity contribution is 9.10. The van der Waals surface area contributed by atoms with Gasteiger partial charge in [0.15, 0.2) is 0 Å². The minimum atomic E-state index is -0.778. The van der Waals surface area contributed by atoms with Crippen LogP contribution in [0.25, 0.3) is 0 Å². The Bertz CT molecular complexity index is 538. The molecule has 1 aliphatic rings. The summed E-state index contributed by atoms with van der Waals surface area (Å²) < 4.78 is 0.998. The third kappa shape index (κ3) is 4.57. The maximum Gasteiger partial charge on any atom is 0.311 e. The quantitative estimate of drug-likeness (QED) is 0.807. The zero-order chi connectivity index (χ0) is 16.0. The SMILES string of the molecule is O=C(CCc1cccc(Br)c1)NCC1(C(=O)O)CCCCC1. The predicted molar refractivity (Wildman–Crippen MR) is 88.6 cm³/mol. The van der Waals surface area contributed by atoms with E-state index < -0.39 is 11.4 Å².